The monoisotopic (exact) mass is 415 g/mol. The molecule has 0 bridgehead atoms. The molecule has 0 spiro atoms. The molecule has 0 aliphatic rings. The van der Waals surface area contributed by atoms with Crippen molar-refractivity contribution in [3.63, 3.8) is 0 Å². The van der Waals surface area contributed by atoms with E-state index in [1.165, 1.54) is 103 Å². The van der Waals surface area contributed by atoms with E-state index >= 15 is 0 Å². The molecule has 4 heteroatoms. The third-order valence-electron chi connectivity index (χ3n) is 5.64. The number of rotatable bonds is 19. The van der Waals surface area contributed by atoms with E-state index in [-0.39, 0.29) is 5.92 Å². The maximum atomic E-state index is 10.3. The Kier molecular flexibility index (Phi) is 23.3. The Hall–Kier alpha value is -0.610. The summed E-state index contributed by atoms with van der Waals surface area (Å²) in [6.07, 6.45) is 23.7. The molecule has 0 aromatic heterocycles. The smallest absolute Gasteiger partial charge is 0.300 e. The standard InChI is InChI=1S/C23H49NO.C2H4O2/c1-4-6-8-10-12-14-16-18-20-22(23(3,24)25)21-19-17-15-13-11-9-7-5-2;1-2(3)4/h22,25H,4-21,24H2,1-3H3;1H3,(H,3,4). The van der Waals surface area contributed by atoms with Gasteiger partial charge in [-0.15, -0.1) is 0 Å². The van der Waals surface area contributed by atoms with Gasteiger partial charge >= 0.3 is 0 Å². The van der Waals surface area contributed by atoms with E-state index in [9.17, 15) is 5.11 Å². The molecule has 176 valence electrons. The van der Waals surface area contributed by atoms with Crippen molar-refractivity contribution >= 4 is 5.97 Å². The van der Waals surface area contributed by atoms with Crippen LogP contribution in [0.5, 0.6) is 0 Å². The minimum atomic E-state index is -0.998. The summed E-state index contributed by atoms with van der Waals surface area (Å²) < 4.78 is 0. The van der Waals surface area contributed by atoms with Gasteiger partial charge in [0.05, 0.1) is 0 Å². The van der Waals surface area contributed by atoms with Gasteiger partial charge < -0.3 is 15.9 Å². The predicted octanol–water partition coefficient (Wildman–Crippen LogP) is 7.42. The maximum Gasteiger partial charge on any atom is 0.300 e. The summed E-state index contributed by atoms with van der Waals surface area (Å²) in [4.78, 5) is 9.00. The first kappa shape index (κ1) is 30.6. The third-order valence-corrected chi connectivity index (χ3v) is 5.64. The Bertz CT molecular complexity index is 315. The number of hydrogen-bond acceptors (Lipinski definition) is 3. The van der Waals surface area contributed by atoms with Gasteiger partial charge in [0.15, 0.2) is 0 Å². The first-order valence-electron chi connectivity index (χ1n) is 12.5. The van der Waals surface area contributed by atoms with Crippen LogP contribution in [0.1, 0.15) is 143 Å². The Morgan fingerprint density at radius 1 is 0.724 bits per heavy atom. The summed E-state index contributed by atoms with van der Waals surface area (Å²) in [6.45, 7) is 7.42. The molecule has 0 aliphatic carbocycles. The normalized spacial score (nSPS) is 13.1. The Morgan fingerprint density at radius 2 is 0.966 bits per heavy atom. The lowest BCUT2D eigenvalue weighted by atomic mass is 9.86. The van der Waals surface area contributed by atoms with Crippen LogP contribution in [0.2, 0.25) is 0 Å². The molecule has 4 N–H and O–H groups in total. The highest BCUT2D eigenvalue weighted by molar-refractivity contribution is 5.62. The second kappa shape index (κ2) is 22.1. The van der Waals surface area contributed by atoms with Crippen LogP contribution in [0.4, 0.5) is 0 Å². The average Bonchev–Trinajstić information content (AvgIpc) is 2.62. The first-order chi connectivity index (χ1) is 13.8. The van der Waals surface area contributed by atoms with Gasteiger partial charge in [0, 0.05) is 12.8 Å². The van der Waals surface area contributed by atoms with Crippen LogP contribution in [0, 0.1) is 5.92 Å². The van der Waals surface area contributed by atoms with Crippen molar-refractivity contribution in [3.8, 4) is 0 Å². The number of carbonyl (C=O) groups is 1. The van der Waals surface area contributed by atoms with Crippen molar-refractivity contribution in [2.24, 2.45) is 11.7 Å². The highest BCUT2D eigenvalue weighted by Crippen LogP contribution is 2.26. The molecule has 0 saturated heterocycles. The van der Waals surface area contributed by atoms with Crippen LogP contribution < -0.4 is 5.73 Å². The van der Waals surface area contributed by atoms with Crippen molar-refractivity contribution in [2.45, 2.75) is 149 Å². The largest absolute Gasteiger partial charge is 0.481 e. The van der Waals surface area contributed by atoms with E-state index < -0.39 is 11.7 Å². The fraction of sp³-hybridized carbons (Fsp3) is 0.960. The van der Waals surface area contributed by atoms with Crippen molar-refractivity contribution in [1.82, 2.24) is 0 Å². The molecule has 0 saturated carbocycles. The fourth-order valence-electron chi connectivity index (χ4n) is 3.78. The van der Waals surface area contributed by atoms with Gasteiger partial charge in [-0.3, -0.25) is 4.79 Å². The molecule has 0 fully saturated rings. The van der Waals surface area contributed by atoms with Gasteiger partial charge in [-0.2, -0.15) is 0 Å². The molecular weight excluding hydrogens is 362 g/mol. The van der Waals surface area contributed by atoms with Crippen molar-refractivity contribution in [2.75, 3.05) is 0 Å². The summed E-state index contributed by atoms with van der Waals surface area (Å²) in [5.74, 6) is -0.562. The molecule has 0 aromatic rings. The number of unbranched alkanes of at least 4 members (excludes halogenated alkanes) is 14. The molecule has 0 radical (unpaired) electrons. The lowest BCUT2D eigenvalue weighted by Gasteiger charge is -2.29. The van der Waals surface area contributed by atoms with Gasteiger partial charge in [-0.25, -0.2) is 0 Å². The number of carboxylic acids is 1. The van der Waals surface area contributed by atoms with E-state index in [1.54, 1.807) is 6.92 Å². The average molecular weight is 416 g/mol. The van der Waals surface area contributed by atoms with Gasteiger partial charge in [0.25, 0.3) is 5.97 Å². The number of aliphatic carboxylic acids is 1. The van der Waals surface area contributed by atoms with Gasteiger partial charge in [0.2, 0.25) is 0 Å². The molecule has 0 amide bonds. The van der Waals surface area contributed by atoms with E-state index in [4.69, 9.17) is 15.6 Å². The van der Waals surface area contributed by atoms with Crippen LogP contribution in [0.25, 0.3) is 0 Å². The lowest BCUT2D eigenvalue weighted by molar-refractivity contribution is -0.134. The Labute approximate surface area is 182 Å². The van der Waals surface area contributed by atoms with Crippen molar-refractivity contribution in [1.29, 1.82) is 0 Å². The highest BCUT2D eigenvalue weighted by Gasteiger charge is 2.26. The molecular formula is C25H53NO3. The third kappa shape index (κ3) is 27.4. The molecule has 1 atom stereocenters. The zero-order chi connectivity index (χ0) is 22.4. The van der Waals surface area contributed by atoms with Crippen molar-refractivity contribution < 1.29 is 15.0 Å². The summed E-state index contributed by atoms with van der Waals surface area (Å²) in [5.41, 5.74) is 5.03. The van der Waals surface area contributed by atoms with E-state index in [0.717, 1.165) is 19.8 Å². The summed E-state index contributed by atoms with van der Waals surface area (Å²) >= 11 is 0. The Balaban J connectivity index is 0. The minimum Gasteiger partial charge on any atom is -0.481 e. The van der Waals surface area contributed by atoms with Gasteiger partial charge in [-0.1, -0.05) is 117 Å². The van der Waals surface area contributed by atoms with E-state index in [2.05, 4.69) is 13.8 Å². The summed E-state index contributed by atoms with van der Waals surface area (Å²) in [7, 11) is 0. The first-order valence-corrected chi connectivity index (χ1v) is 12.5. The second-order valence-electron chi connectivity index (χ2n) is 8.97. The second-order valence-corrected chi connectivity index (χ2v) is 8.97. The van der Waals surface area contributed by atoms with Crippen LogP contribution in [0.3, 0.4) is 0 Å². The number of aliphatic hydroxyl groups is 1. The van der Waals surface area contributed by atoms with E-state index in [0.29, 0.717) is 0 Å². The van der Waals surface area contributed by atoms with E-state index in [1.807, 2.05) is 0 Å². The summed E-state index contributed by atoms with van der Waals surface area (Å²) in [5, 5.41) is 17.7. The Morgan fingerprint density at radius 3 is 1.21 bits per heavy atom. The van der Waals surface area contributed by atoms with Gasteiger partial charge in [0.1, 0.15) is 5.72 Å². The van der Waals surface area contributed by atoms with Crippen LogP contribution in [-0.4, -0.2) is 21.9 Å². The van der Waals surface area contributed by atoms with Crippen LogP contribution >= 0.6 is 0 Å². The molecule has 0 heterocycles. The number of carboxylic acid groups (broad SMARTS) is 1. The number of hydrogen-bond donors (Lipinski definition) is 3. The molecule has 4 nitrogen and oxygen atoms in total. The topological polar surface area (TPSA) is 83.5 Å². The summed E-state index contributed by atoms with van der Waals surface area (Å²) in [6, 6.07) is 0. The zero-order valence-corrected chi connectivity index (χ0v) is 20.2. The quantitative estimate of drug-likeness (QED) is 0.151. The highest BCUT2D eigenvalue weighted by atomic mass is 16.4. The van der Waals surface area contributed by atoms with Gasteiger partial charge in [-0.05, 0) is 19.8 Å². The molecule has 0 rings (SSSR count). The van der Waals surface area contributed by atoms with Crippen molar-refractivity contribution in [3.05, 3.63) is 0 Å². The molecule has 29 heavy (non-hydrogen) atoms. The molecule has 1 unspecified atom stereocenters. The zero-order valence-electron chi connectivity index (χ0n) is 20.2. The molecule has 0 aromatic carbocycles. The molecule has 0 aliphatic heterocycles. The van der Waals surface area contributed by atoms with Crippen LogP contribution in [-0.2, 0) is 4.79 Å². The fourth-order valence-corrected chi connectivity index (χ4v) is 3.78. The lowest BCUT2D eigenvalue weighted by Crippen LogP contribution is -2.44. The van der Waals surface area contributed by atoms with Crippen LogP contribution in [0.15, 0.2) is 0 Å². The minimum absolute atomic E-state index is 0.271. The maximum absolute atomic E-state index is 10.3. The number of nitrogens with two attached hydrogens (primary N) is 1. The SMILES string of the molecule is CC(=O)O.CCCCCCCCCCC(CCCCCCCCCC)C(C)(N)O. The predicted molar refractivity (Wildman–Crippen MR) is 126 cm³/mol.